The van der Waals surface area contributed by atoms with E-state index in [9.17, 15) is 4.79 Å². The molecule has 0 radical (unpaired) electrons. The first-order valence-electron chi connectivity index (χ1n) is 10.7. The van der Waals surface area contributed by atoms with Crippen LogP contribution in [-0.2, 0) is 4.79 Å². The maximum absolute atomic E-state index is 12.3. The van der Waals surface area contributed by atoms with Gasteiger partial charge < -0.3 is 14.6 Å². The summed E-state index contributed by atoms with van der Waals surface area (Å²) in [4.78, 5) is 16.3. The van der Waals surface area contributed by atoms with Crippen molar-refractivity contribution in [1.29, 1.82) is 0 Å². The van der Waals surface area contributed by atoms with Crippen LogP contribution in [-0.4, -0.2) is 34.0 Å². The Hall–Kier alpha value is -3.87. The predicted octanol–water partition coefficient (Wildman–Crippen LogP) is 5.13. The first-order valence-corrected chi connectivity index (χ1v) is 10.7. The van der Waals surface area contributed by atoms with Crippen molar-refractivity contribution in [2.75, 3.05) is 23.3 Å². The van der Waals surface area contributed by atoms with Gasteiger partial charge in [0.1, 0.15) is 16.8 Å². The fourth-order valence-corrected chi connectivity index (χ4v) is 3.68. The average Bonchev–Trinajstić information content (AvgIpc) is 3.43. The van der Waals surface area contributed by atoms with Crippen LogP contribution in [0.3, 0.4) is 0 Å². The van der Waals surface area contributed by atoms with E-state index in [1.54, 1.807) is 29.3 Å². The molecule has 32 heavy (non-hydrogen) atoms. The maximum atomic E-state index is 12.3. The SMILES string of the molecule is CCN(CC)c1ccc(-n2nc3cc(C)c(NC(=O)C=Cc4ccco4)cc3n2)c(C)c1. The summed E-state index contributed by atoms with van der Waals surface area (Å²) < 4.78 is 5.21. The van der Waals surface area contributed by atoms with Crippen molar-refractivity contribution in [3.8, 4) is 5.69 Å². The summed E-state index contributed by atoms with van der Waals surface area (Å²) in [6.45, 7) is 10.2. The van der Waals surface area contributed by atoms with Crippen LogP contribution in [0, 0.1) is 13.8 Å². The molecule has 0 atom stereocenters. The van der Waals surface area contributed by atoms with Crippen molar-refractivity contribution < 1.29 is 9.21 Å². The van der Waals surface area contributed by atoms with Crippen LogP contribution in [0.4, 0.5) is 11.4 Å². The molecular weight excluding hydrogens is 402 g/mol. The van der Waals surface area contributed by atoms with Crippen molar-refractivity contribution in [3.63, 3.8) is 0 Å². The van der Waals surface area contributed by atoms with E-state index in [0.717, 1.165) is 35.4 Å². The van der Waals surface area contributed by atoms with E-state index in [4.69, 9.17) is 4.42 Å². The molecule has 0 saturated carbocycles. The normalized spacial score (nSPS) is 11.4. The van der Waals surface area contributed by atoms with Crippen LogP contribution in [0.2, 0.25) is 0 Å². The van der Waals surface area contributed by atoms with E-state index in [1.165, 1.54) is 11.8 Å². The number of hydrogen-bond acceptors (Lipinski definition) is 5. The van der Waals surface area contributed by atoms with Gasteiger partial charge in [0.2, 0.25) is 5.91 Å². The van der Waals surface area contributed by atoms with Gasteiger partial charge in [0.25, 0.3) is 0 Å². The molecule has 0 aliphatic heterocycles. The van der Waals surface area contributed by atoms with Crippen LogP contribution in [0.5, 0.6) is 0 Å². The molecule has 0 spiro atoms. The first-order chi connectivity index (χ1) is 15.5. The molecule has 2 aromatic carbocycles. The number of nitrogens with one attached hydrogen (secondary N) is 1. The summed E-state index contributed by atoms with van der Waals surface area (Å²) in [5, 5.41) is 12.2. The third-order valence-corrected chi connectivity index (χ3v) is 5.45. The quantitative estimate of drug-likeness (QED) is 0.412. The topological polar surface area (TPSA) is 76.2 Å². The first kappa shape index (κ1) is 21.4. The summed E-state index contributed by atoms with van der Waals surface area (Å²) in [5.74, 6) is 0.386. The van der Waals surface area contributed by atoms with Crippen LogP contribution < -0.4 is 10.2 Å². The van der Waals surface area contributed by atoms with Crippen LogP contribution in [0.25, 0.3) is 22.8 Å². The van der Waals surface area contributed by atoms with E-state index >= 15 is 0 Å². The molecule has 0 aliphatic rings. The minimum absolute atomic E-state index is 0.237. The summed E-state index contributed by atoms with van der Waals surface area (Å²) in [5.41, 5.74) is 6.33. The van der Waals surface area contributed by atoms with E-state index < -0.39 is 0 Å². The molecule has 7 heteroatoms. The number of anilines is 2. The lowest BCUT2D eigenvalue weighted by molar-refractivity contribution is -0.111. The van der Waals surface area contributed by atoms with Gasteiger partial charge in [0.05, 0.1) is 12.0 Å². The second-order valence-electron chi connectivity index (χ2n) is 7.63. The molecule has 2 aromatic heterocycles. The molecule has 7 nitrogen and oxygen atoms in total. The Balaban J connectivity index is 1.59. The van der Waals surface area contributed by atoms with Gasteiger partial charge in [-0.1, -0.05) is 0 Å². The third kappa shape index (κ3) is 4.42. The highest BCUT2D eigenvalue weighted by molar-refractivity contribution is 6.03. The number of benzene rings is 2. The standard InChI is InChI=1S/C25H27N5O2/c1-5-29(6-2)19-9-11-24(18(4)14-19)30-27-22-15-17(3)21(16-23(22)28-30)26-25(31)12-10-20-8-7-13-32-20/h7-16H,5-6H2,1-4H3,(H,26,31). The van der Waals surface area contributed by atoms with E-state index in [0.29, 0.717) is 17.0 Å². The molecule has 4 rings (SSSR count). The molecule has 1 N–H and O–H groups in total. The fraction of sp³-hybridized carbons (Fsp3) is 0.240. The minimum atomic E-state index is -0.237. The number of carbonyl (C=O) groups is 1. The molecular formula is C25H27N5O2. The lowest BCUT2D eigenvalue weighted by atomic mass is 10.1. The Morgan fingerprint density at radius 3 is 2.47 bits per heavy atom. The smallest absolute Gasteiger partial charge is 0.248 e. The third-order valence-electron chi connectivity index (χ3n) is 5.45. The Morgan fingerprint density at radius 2 is 1.81 bits per heavy atom. The number of rotatable bonds is 7. The van der Waals surface area contributed by atoms with E-state index in [-0.39, 0.29) is 5.91 Å². The van der Waals surface area contributed by atoms with Crippen molar-refractivity contribution >= 4 is 34.4 Å². The Labute approximate surface area is 187 Å². The average molecular weight is 430 g/mol. The molecule has 0 aliphatic carbocycles. The summed E-state index contributed by atoms with van der Waals surface area (Å²) in [6, 6.07) is 13.7. The number of carbonyl (C=O) groups excluding carboxylic acids is 1. The summed E-state index contributed by atoms with van der Waals surface area (Å²) in [7, 11) is 0. The second kappa shape index (κ2) is 9.09. The zero-order valence-electron chi connectivity index (χ0n) is 18.8. The highest BCUT2D eigenvalue weighted by atomic mass is 16.3. The monoisotopic (exact) mass is 429 g/mol. The Bertz CT molecular complexity index is 1270. The van der Waals surface area contributed by atoms with Gasteiger partial charge in [-0.15, -0.1) is 10.2 Å². The molecule has 1 amide bonds. The van der Waals surface area contributed by atoms with Crippen molar-refractivity contribution in [3.05, 3.63) is 71.7 Å². The largest absolute Gasteiger partial charge is 0.465 e. The zero-order chi connectivity index (χ0) is 22.7. The van der Waals surface area contributed by atoms with Crippen molar-refractivity contribution in [2.45, 2.75) is 27.7 Å². The van der Waals surface area contributed by atoms with Crippen molar-refractivity contribution in [1.82, 2.24) is 15.0 Å². The molecule has 164 valence electrons. The van der Waals surface area contributed by atoms with Crippen molar-refractivity contribution in [2.24, 2.45) is 0 Å². The van der Waals surface area contributed by atoms with Gasteiger partial charge in [0, 0.05) is 30.5 Å². The van der Waals surface area contributed by atoms with Crippen LogP contribution in [0.15, 0.2) is 59.2 Å². The van der Waals surface area contributed by atoms with E-state index in [1.807, 2.05) is 19.1 Å². The second-order valence-corrected chi connectivity index (χ2v) is 7.63. The number of furan rings is 1. The summed E-state index contributed by atoms with van der Waals surface area (Å²) in [6.07, 6.45) is 4.64. The minimum Gasteiger partial charge on any atom is -0.465 e. The molecule has 0 saturated heterocycles. The molecule has 0 unspecified atom stereocenters. The fourth-order valence-electron chi connectivity index (χ4n) is 3.68. The predicted molar refractivity (Wildman–Crippen MR) is 128 cm³/mol. The molecule has 0 fully saturated rings. The van der Waals surface area contributed by atoms with Crippen LogP contribution in [0.1, 0.15) is 30.7 Å². The summed E-state index contributed by atoms with van der Waals surface area (Å²) >= 11 is 0. The number of nitrogens with zero attached hydrogens (tertiary/aromatic N) is 4. The molecule has 4 aromatic rings. The number of hydrogen-bond donors (Lipinski definition) is 1. The number of aryl methyl sites for hydroxylation is 2. The molecule has 2 heterocycles. The van der Waals surface area contributed by atoms with Gasteiger partial charge in [-0.25, -0.2) is 0 Å². The van der Waals surface area contributed by atoms with Gasteiger partial charge in [-0.3, -0.25) is 4.79 Å². The number of aromatic nitrogens is 3. The number of fused-ring (bicyclic) bond motifs is 1. The van der Waals surface area contributed by atoms with E-state index in [2.05, 4.69) is 59.4 Å². The lowest BCUT2D eigenvalue weighted by Gasteiger charge is -2.22. The highest BCUT2D eigenvalue weighted by Crippen LogP contribution is 2.25. The number of amides is 1. The maximum Gasteiger partial charge on any atom is 0.248 e. The van der Waals surface area contributed by atoms with Gasteiger partial charge in [-0.2, -0.15) is 4.80 Å². The zero-order valence-corrected chi connectivity index (χ0v) is 18.8. The van der Waals surface area contributed by atoms with Gasteiger partial charge in [-0.05, 0) is 87.4 Å². The molecule has 0 bridgehead atoms. The highest BCUT2D eigenvalue weighted by Gasteiger charge is 2.12. The lowest BCUT2D eigenvalue weighted by Crippen LogP contribution is -2.21. The Morgan fingerprint density at radius 1 is 1.06 bits per heavy atom. The van der Waals surface area contributed by atoms with Gasteiger partial charge >= 0.3 is 0 Å². The van der Waals surface area contributed by atoms with Gasteiger partial charge in [0.15, 0.2) is 0 Å². The Kier molecular flexibility index (Phi) is 6.07. The van der Waals surface area contributed by atoms with Crippen LogP contribution >= 0.6 is 0 Å².